The van der Waals surface area contributed by atoms with Gasteiger partial charge in [0.25, 0.3) is 0 Å². The summed E-state index contributed by atoms with van der Waals surface area (Å²) >= 11 is 1.72. The molecule has 0 spiro atoms. The van der Waals surface area contributed by atoms with Crippen molar-refractivity contribution < 1.29 is 20.1 Å². The molecule has 2 atom stereocenters. The van der Waals surface area contributed by atoms with Crippen LogP contribution >= 0.6 is 11.3 Å². The maximum absolute atomic E-state index is 11.2. The van der Waals surface area contributed by atoms with E-state index in [1.807, 2.05) is 12.1 Å². The van der Waals surface area contributed by atoms with Gasteiger partial charge in [-0.15, -0.1) is 11.3 Å². The second kappa shape index (κ2) is 6.43. The van der Waals surface area contributed by atoms with Crippen molar-refractivity contribution in [1.82, 2.24) is 0 Å². The highest BCUT2D eigenvalue weighted by atomic mass is 32.1. The van der Waals surface area contributed by atoms with Gasteiger partial charge in [-0.2, -0.15) is 0 Å². The molecule has 0 radical (unpaired) electrons. The summed E-state index contributed by atoms with van der Waals surface area (Å²) in [4.78, 5) is 11.2. The van der Waals surface area contributed by atoms with Crippen LogP contribution in [-0.4, -0.2) is 33.0 Å². The molecule has 0 unspecified atom stereocenters. The number of carboxylic acid groups (broad SMARTS) is 1. The zero-order chi connectivity index (χ0) is 16.4. The number of aliphatic carboxylic acids is 1. The van der Waals surface area contributed by atoms with Crippen LogP contribution in [0.5, 0.6) is 0 Å². The number of carbonyl (C=O) groups is 1. The van der Waals surface area contributed by atoms with Gasteiger partial charge >= 0.3 is 5.97 Å². The van der Waals surface area contributed by atoms with Crippen LogP contribution in [0.1, 0.15) is 31.2 Å². The largest absolute Gasteiger partial charge is 0.479 e. The fourth-order valence-electron chi connectivity index (χ4n) is 3.13. The molecule has 0 saturated heterocycles. The minimum atomic E-state index is -1.83. The molecular formula is C18H20O4S. The third kappa shape index (κ3) is 3.32. The zero-order valence-corrected chi connectivity index (χ0v) is 13.6. The number of carboxylic acids is 1. The Morgan fingerprint density at radius 2 is 2.09 bits per heavy atom. The Labute approximate surface area is 138 Å². The maximum Gasteiger partial charge on any atom is 0.339 e. The van der Waals surface area contributed by atoms with E-state index in [2.05, 4.69) is 17.5 Å². The molecular weight excluding hydrogens is 312 g/mol. The normalized spacial score (nSPS) is 24.6. The SMILES string of the molecule is O=C(O)[C@]1(O)C=C(CCCc2csc3ccccc23)[C@@H](O)CC1. The predicted octanol–water partition coefficient (Wildman–Crippen LogP) is 3.12. The molecule has 3 rings (SSSR count). The molecule has 4 nitrogen and oxygen atoms in total. The maximum atomic E-state index is 11.2. The summed E-state index contributed by atoms with van der Waals surface area (Å²) in [7, 11) is 0. The third-order valence-electron chi connectivity index (χ3n) is 4.49. The van der Waals surface area contributed by atoms with Crippen LogP contribution in [0, 0.1) is 0 Å². The lowest BCUT2D eigenvalue weighted by Crippen LogP contribution is -2.41. The van der Waals surface area contributed by atoms with E-state index in [9.17, 15) is 15.0 Å². The van der Waals surface area contributed by atoms with E-state index >= 15 is 0 Å². The summed E-state index contributed by atoms with van der Waals surface area (Å²) in [6.45, 7) is 0. The highest BCUT2D eigenvalue weighted by molar-refractivity contribution is 7.17. The molecule has 1 heterocycles. The number of aryl methyl sites for hydroxylation is 1. The topological polar surface area (TPSA) is 77.8 Å². The van der Waals surface area contributed by atoms with Gasteiger partial charge in [0, 0.05) is 4.70 Å². The Kier molecular flexibility index (Phi) is 4.53. The van der Waals surface area contributed by atoms with Crippen LogP contribution < -0.4 is 0 Å². The molecule has 2 aromatic rings. The molecule has 1 aliphatic rings. The summed E-state index contributed by atoms with van der Waals surface area (Å²) in [5.74, 6) is -1.24. The Balaban J connectivity index is 1.68. The summed E-state index contributed by atoms with van der Waals surface area (Å²) in [5, 5.41) is 32.7. The van der Waals surface area contributed by atoms with Crippen LogP contribution in [-0.2, 0) is 11.2 Å². The molecule has 122 valence electrons. The van der Waals surface area contributed by atoms with Gasteiger partial charge in [-0.3, -0.25) is 0 Å². The van der Waals surface area contributed by atoms with Crippen LogP contribution in [0.2, 0.25) is 0 Å². The summed E-state index contributed by atoms with van der Waals surface area (Å²) in [6.07, 6.45) is 3.33. The van der Waals surface area contributed by atoms with Crippen molar-refractivity contribution in [3.63, 3.8) is 0 Å². The quantitative estimate of drug-likeness (QED) is 0.735. The number of fused-ring (bicyclic) bond motifs is 1. The molecule has 1 aliphatic carbocycles. The van der Waals surface area contributed by atoms with Crippen LogP contribution in [0.4, 0.5) is 0 Å². The first-order valence-corrected chi connectivity index (χ1v) is 8.68. The van der Waals surface area contributed by atoms with E-state index in [1.165, 1.54) is 21.7 Å². The Morgan fingerprint density at radius 1 is 1.30 bits per heavy atom. The minimum Gasteiger partial charge on any atom is -0.479 e. The smallest absolute Gasteiger partial charge is 0.339 e. The van der Waals surface area contributed by atoms with Crippen molar-refractivity contribution in [2.75, 3.05) is 0 Å². The number of benzene rings is 1. The standard InChI is InChI=1S/C18H20O4S/c19-15-8-9-18(22,17(20)21)10-12(15)4-3-5-13-11-23-16-7-2-1-6-14(13)16/h1-2,6-7,10-11,15,19,22H,3-5,8-9H2,(H,20,21)/t15-,18+/m0/s1. The van der Waals surface area contributed by atoms with E-state index in [1.54, 1.807) is 11.3 Å². The second-order valence-electron chi connectivity index (χ2n) is 6.11. The van der Waals surface area contributed by atoms with Crippen molar-refractivity contribution >= 4 is 27.4 Å². The molecule has 0 aliphatic heterocycles. The minimum absolute atomic E-state index is 0.0577. The number of rotatable bonds is 5. The molecule has 5 heteroatoms. The van der Waals surface area contributed by atoms with E-state index < -0.39 is 17.7 Å². The fourth-order valence-corrected chi connectivity index (χ4v) is 4.13. The summed E-state index contributed by atoms with van der Waals surface area (Å²) in [6, 6.07) is 8.26. The molecule has 1 aromatic carbocycles. The van der Waals surface area contributed by atoms with Gasteiger partial charge in [0.1, 0.15) is 0 Å². The molecule has 0 fully saturated rings. The summed E-state index contributed by atoms with van der Waals surface area (Å²) in [5.41, 5.74) is 0.0922. The first kappa shape index (κ1) is 16.2. The molecule has 0 bridgehead atoms. The highest BCUT2D eigenvalue weighted by Gasteiger charge is 2.38. The monoisotopic (exact) mass is 332 g/mol. The van der Waals surface area contributed by atoms with Crippen molar-refractivity contribution in [3.8, 4) is 0 Å². The Morgan fingerprint density at radius 3 is 2.87 bits per heavy atom. The van der Waals surface area contributed by atoms with E-state index in [0.29, 0.717) is 12.0 Å². The lowest BCUT2D eigenvalue weighted by Gasteiger charge is -2.29. The predicted molar refractivity (Wildman–Crippen MR) is 90.7 cm³/mol. The molecule has 3 N–H and O–H groups in total. The Bertz CT molecular complexity index is 748. The number of hydrogen-bond donors (Lipinski definition) is 3. The lowest BCUT2D eigenvalue weighted by atomic mass is 9.83. The van der Waals surface area contributed by atoms with Crippen molar-refractivity contribution in [1.29, 1.82) is 0 Å². The van der Waals surface area contributed by atoms with Gasteiger partial charge in [0.15, 0.2) is 5.60 Å². The van der Waals surface area contributed by atoms with Crippen molar-refractivity contribution in [3.05, 3.63) is 46.9 Å². The van der Waals surface area contributed by atoms with E-state index in [-0.39, 0.29) is 12.8 Å². The lowest BCUT2D eigenvalue weighted by molar-refractivity contribution is -0.155. The molecule has 0 saturated carbocycles. The first-order chi connectivity index (χ1) is 11.0. The third-order valence-corrected chi connectivity index (χ3v) is 5.51. The van der Waals surface area contributed by atoms with Crippen molar-refractivity contribution in [2.45, 2.75) is 43.8 Å². The number of aliphatic hydroxyl groups excluding tert-OH is 1. The van der Waals surface area contributed by atoms with E-state index in [4.69, 9.17) is 5.11 Å². The number of thiophene rings is 1. The summed E-state index contributed by atoms with van der Waals surface area (Å²) < 4.78 is 1.26. The fraction of sp³-hybridized carbons (Fsp3) is 0.389. The average molecular weight is 332 g/mol. The van der Waals surface area contributed by atoms with Gasteiger partial charge in [-0.1, -0.05) is 18.2 Å². The van der Waals surface area contributed by atoms with Gasteiger partial charge < -0.3 is 15.3 Å². The van der Waals surface area contributed by atoms with Gasteiger partial charge in [-0.05, 0) is 66.1 Å². The van der Waals surface area contributed by atoms with Crippen LogP contribution in [0.25, 0.3) is 10.1 Å². The Hall–Kier alpha value is -1.69. The van der Waals surface area contributed by atoms with Crippen molar-refractivity contribution in [2.24, 2.45) is 0 Å². The van der Waals surface area contributed by atoms with Crippen LogP contribution in [0.3, 0.4) is 0 Å². The van der Waals surface area contributed by atoms with Crippen LogP contribution in [0.15, 0.2) is 41.3 Å². The first-order valence-electron chi connectivity index (χ1n) is 7.80. The second-order valence-corrected chi connectivity index (χ2v) is 7.03. The van der Waals surface area contributed by atoms with Gasteiger partial charge in [0.05, 0.1) is 6.10 Å². The van der Waals surface area contributed by atoms with Gasteiger partial charge in [-0.25, -0.2) is 4.79 Å². The molecule has 23 heavy (non-hydrogen) atoms. The molecule has 1 aromatic heterocycles. The molecule has 0 amide bonds. The van der Waals surface area contributed by atoms with E-state index in [0.717, 1.165) is 12.8 Å². The average Bonchev–Trinajstić information content (AvgIpc) is 2.94. The highest BCUT2D eigenvalue weighted by Crippen LogP contribution is 2.31. The van der Waals surface area contributed by atoms with Gasteiger partial charge in [0.2, 0.25) is 0 Å². The number of aliphatic hydroxyl groups is 2. The number of hydrogen-bond acceptors (Lipinski definition) is 4. The zero-order valence-electron chi connectivity index (χ0n) is 12.7.